The Morgan fingerprint density at radius 1 is 1.09 bits per heavy atom. The fourth-order valence-corrected chi connectivity index (χ4v) is 3.35. The number of ether oxygens (including phenoxy) is 1. The number of piperidine rings is 1. The molecule has 126 valence electrons. The third-order valence-corrected chi connectivity index (χ3v) is 4.81. The van der Waals surface area contributed by atoms with E-state index in [1.165, 1.54) is 19.4 Å². The van der Waals surface area contributed by atoms with E-state index in [4.69, 9.17) is 4.74 Å². The smallest absolute Gasteiger partial charge is 0.410 e. The molecule has 0 aliphatic carbocycles. The minimum Gasteiger partial charge on any atom is -0.445 e. The van der Waals surface area contributed by atoms with Crippen LogP contribution in [0, 0.1) is 5.92 Å². The standard InChI is InChI=1S/C18H27N3O2/c22-18(23-15-17-4-2-1-3-5-17)21-12-10-20(11-13-21)14-16-6-8-19-9-7-16/h1-5,16,19H,6-15H2. The zero-order valence-corrected chi connectivity index (χ0v) is 13.7. The predicted molar refractivity (Wildman–Crippen MR) is 90.2 cm³/mol. The first kappa shape index (κ1) is 16.3. The minimum absolute atomic E-state index is 0.185. The van der Waals surface area contributed by atoms with E-state index in [0.29, 0.717) is 6.61 Å². The molecule has 5 heteroatoms. The molecule has 0 unspecified atom stereocenters. The van der Waals surface area contributed by atoms with Gasteiger partial charge in [-0.3, -0.25) is 4.90 Å². The lowest BCUT2D eigenvalue weighted by atomic mass is 9.97. The summed E-state index contributed by atoms with van der Waals surface area (Å²) in [6.07, 6.45) is 2.37. The van der Waals surface area contributed by atoms with Gasteiger partial charge in [0.2, 0.25) is 0 Å². The van der Waals surface area contributed by atoms with Gasteiger partial charge in [0.15, 0.2) is 0 Å². The maximum Gasteiger partial charge on any atom is 0.410 e. The van der Waals surface area contributed by atoms with Crippen LogP contribution in [0.2, 0.25) is 0 Å². The highest BCUT2D eigenvalue weighted by Gasteiger charge is 2.24. The lowest BCUT2D eigenvalue weighted by molar-refractivity contribution is 0.0663. The van der Waals surface area contributed by atoms with E-state index in [1.54, 1.807) is 0 Å². The van der Waals surface area contributed by atoms with Gasteiger partial charge < -0.3 is 15.0 Å². The number of benzene rings is 1. The summed E-state index contributed by atoms with van der Waals surface area (Å²) in [4.78, 5) is 16.5. The highest BCUT2D eigenvalue weighted by molar-refractivity contribution is 5.67. The normalized spacial score (nSPS) is 20.4. The van der Waals surface area contributed by atoms with Crippen LogP contribution >= 0.6 is 0 Å². The van der Waals surface area contributed by atoms with Gasteiger partial charge >= 0.3 is 6.09 Å². The molecule has 2 aliphatic rings. The molecule has 23 heavy (non-hydrogen) atoms. The Balaban J connectivity index is 1.37. The van der Waals surface area contributed by atoms with Gasteiger partial charge in [-0.05, 0) is 37.4 Å². The molecule has 1 aromatic carbocycles. The number of hydrogen-bond donors (Lipinski definition) is 1. The first-order valence-electron chi connectivity index (χ1n) is 8.70. The Labute approximate surface area is 138 Å². The van der Waals surface area contributed by atoms with Gasteiger partial charge in [0.25, 0.3) is 0 Å². The van der Waals surface area contributed by atoms with Gasteiger partial charge in [0.05, 0.1) is 0 Å². The molecule has 2 heterocycles. The largest absolute Gasteiger partial charge is 0.445 e. The summed E-state index contributed by atoms with van der Waals surface area (Å²) in [6, 6.07) is 9.84. The van der Waals surface area contributed by atoms with Gasteiger partial charge in [0, 0.05) is 32.7 Å². The van der Waals surface area contributed by atoms with Crippen LogP contribution < -0.4 is 5.32 Å². The molecule has 0 saturated carbocycles. The number of rotatable bonds is 4. The van der Waals surface area contributed by atoms with Crippen molar-refractivity contribution in [2.75, 3.05) is 45.8 Å². The van der Waals surface area contributed by atoms with Crippen LogP contribution in [0.1, 0.15) is 18.4 Å². The monoisotopic (exact) mass is 317 g/mol. The Morgan fingerprint density at radius 2 is 1.78 bits per heavy atom. The number of piperazine rings is 1. The minimum atomic E-state index is -0.185. The molecule has 0 aromatic heterocycles. The van der Waals surface area contributed by atoms with Crippen molar-refractivity contribution in [3.8, 4) is 0 Å². The van der Waals surface area contributed by atoms with Crippen molar-refractivity contribution in [1.29, 1.82) is 0 Å². The van der Waals surface area contributed by atoms with Crippen molar-refractivity contribution in [1.82, 2.24) is 15.1 Å². The fraction of sp³-hybridized carbons (Fsp3) is 0.611. The van der Waals surface area contributed by atoms with Crippen molar-refractivity contribution >= 4 is 6.09 Å². The lowest BCUT2D eigenvalue weighted by Gasteiger charge is -2.36. The van der Waals surface area contributed by atoms with Crippen LogP contribution in [0.15, 0.2) is 30.3 Å². The Bertz CT molecular complexity index is 480. The SMILES string of the molecule is O=C(OCc1ccccc1)N1CCN(CC2CCNCC2)CC1. The van der Waals surface area contributed by atoms with E-state index >= 15 is 0 Å². The molecule has 3 rings (SSSR count). The zero-order chi connectivity index (χ0) is 15.9. The summed E-state index contributed by atoms with van der Waals surface area (Å²) >= 11 is 0. The highest BCUT2D eigenvalue weighted by atomic mass is 16.6. The Hall–Kier alpha value is -1.59. The van der Waals surface area contributed by atoms with Gasteiger partial charge in [-0.25, -0.2) is 4.79 Å². The number of amides is 1. The first-order chi connectivity index (χ1) is 11.3. The second kappa shape index (κ2) is 8.31. The maximum atomic E-state index is 12.1. The highest BCUT2D eigenvalue weighted by Crippen LogP contribution is 2.15. The van der Waals surface area contributed by atoms with Crippen molar-refractivity contribution in [3.63, 3.8) is 0 Å². The van der Waals surface area contributed by atoms with E-state index in [2.05, 4.69) is 10.2 Å². The van der Waals surface area contributed by atoms with Crippen molar-refractivity contribution in [2.24, 2.45) is 5.92 Å². The predicted octanol–water partition coefficient (Wildman–Crippen LogP) is 1.94. The van der Waals surface area contributed by atoms with E-state index in [-0.39, 0.29) is 6.09 Å². The van der Waals surface area contributed by atoms with E-state index in [0.717, 1.165) is 50.7 Å². The molecule has 0 spiro atoms. The molecule has 2 saturated heterocycles. The molecule has 2 aliphatic heterocycles. The molecule has 0 bridgehead atoms. The van der Waals surface area contributed by atoms with Crippen LogP contribution in [-0.2, 0) is 11.3 Å². The summed E-state index contributed by atoms with van der Waals surface area (Å²) in [7, 11) is 0. The average Bonchev–Trinajstić information content (AvgIpc) is 2.62. The summed E-state index contributed by atoms with van der Waals surface area (Å²) in [5, 5.41) is 3.41. The molecular formula is C18H27N3O2. The second-order valence-electron chi connectivity index (χ2n) is 6.52. The van der Waals surface area contributed by atoms with Gasteiger partial charge in [0.1, 0.15) is 6.61 Å². The quantitative estimate of drug-likeness (QED) is 0.922. The topological polar surface area (TPSA) is 44.8 Å². The number of nitrogens with zero attached hydrogens (tertiary/aromatic N) is 2. The summed E-state index contributed by atoms with van der Waals surface area (Å²) < 4.78 is 5.41. The number of hydrogen-bond acceptors (Lipinski definition) is 4. The second-order valence-corrected chi connectivity index (χ2v) is 6.52. The average molecular weight is 317 g/mol. The van der Waals surface area contributed by atoms with Crippen LogP contribution in [0.3, 0.4) is 0 Å². The van der Waals surface area contributed by atoms with Crippen LogP contribution in [0.25, 0.3) is 0 Å². The van der Waals surface area contributed by atoms with Crippen molar-refractivity contribution < 1.29 is 9.53 Å². The first-order valence-corrected chi connectivity index (χ1v) is 8.70. The van der Waals surface area contributed by atoms with Gasteiger partial charge in [-0.1, -0.05) is 30.3 Å². The van der Waals surface area contributed by atoms with Crippen molar-refractivity contribution in [3.05, 3.63) is 35.9 Å². The molecule has 1 amide bonds. The number of carbonyl (C=O) groups excluding carboxylic acids is 1. The zero-order valence-electron chi connectivity index (χ0n) is 13.7. The summed E-state index contributed by atoms with van der Waals surface area (Å²) in [5.41, 5.74) is 1.03. The third-order valence-electron chi connectivity index (χ3n) is 4.81. The van der Waals surface area contributed by atoms with E-state index in [9.17, 15) is 4.79 Å². The number of nitrogens with one attached hydrogen (secondary N) is 1. The van der Waals surface area contributed by atoms with Crippen LogP contribution in [0.5, 0.6) is 0 Å². The molecule has 0 atom stereocenters. The molecule has 2 fully saturated rings. The molecule has 1 N–H and O–H groups in total. The van der Waals surface area contributed by atoms with E-state index < -0.39 is 0 Å². The van der Waals surface area contributed by atoms with Gasteiger partial charge in [-0.2, -0.15) is 0 Å². The molecule has 5 nitrogen and oxygen atoms in total. The third kappa shape index (κ3) is 4.94. The van der Waals surface area contributed by atoms with Gasteiger partial charge in [-0.15, -0.1) is 0 Å². The molecular weight excluding hydrogens is 290 g/mol. The Kier molecular flexibility index (Phi) is 5.88. The fourth-order valence-electron chi connectivity index (χ4n) is 3.35. The molecule has 0 radical (unpaired) electrons. The summed E-state index contributed by atoms with van der Waals surface area (Å²) in [5.74, 6) is 0.813. The van der Waals surface area contributed by atoms with E-state index in [1.807, 2.05) is 35.2 Å². The lowest BCUT2D eigenvalue weighted by Crippen LogP contribution is -2.50. The molecule has 1 aromatic rings. The summed E-state index contributed by atoms with van der Waals surface area (Å²) in [6.45, 7) is 7.31. The van der Waals surface area contributed by atoms with Crippen molar-refractivity contribution in [2.45, 2.75) is 19.4 Å². The maximum absolute atomic E-state index is 12.1. The number of carbonyl (C=O) groups is 1. The van der Waals surface area contributed by atoms with Crippen LogP contribution in [-0.4, -0.2) is 61.7 Å². The Morgan fingerprint density at radius 3 is 2.48 bits per heavy atom. The van der Waals surface area contributed by atoms with Crippen LogP contribution in [0.4, 0.5) is 4.79 Å².